The molecule has 0 saturated heterocycles. The van der Waals surface area contributed by atoms with Crippen LogP contribution in [0.5, 0.6) is 0 Å². The van der Waals surface area contributed by atoms with Gasteiger partial charge in [-0.3, -0.25) is 15.0 Å². The molecule has 0 radical (unpaired) electrons. The normalized spacial score (nSPS) is 16.0. The minimum Gasteiger partial charge on any atom is -0.296 e. The molecule has 3 heteroatoms. The van der Waals surface area contributed by atoms with Gasteiger partial charge in [0.15, 0.2) is 0 Å². The molecule has 1 amide bonds. The van der Waals surface area contributed by atoms with Gasteiger partial charge in [-0.1, -0.05) is 38.1 Å². The van der Waals surface area contributed by atoms with Gasteiger partial charge >= 0.3 is 0 Å². The first-order valence-corrected chi connectivity index (χ1v) is 8.22. The van der Waals surface area contributed by atoms with E-state index < -0.39 is 0 Å². The zero-order chi connectivity index (χ0) is 17.1. The molecular weight excluding hydrogens is 284 g/mol. The summed E-state index contributed by atoms with van der Waals surface area (Å²) in [7, 11) is 1.89. The number of nitrogens with zero attached hydrogens (tertiary/aromatic N) is 1. The van der Waals surface area contributed by atoms with Crippen LogP contribution >= 0.6 is 0 Å². The molecular formula is C20H26N2O. The molecule has 0 aromatic heterocycles. The molecule has 3 nitrogen and oxygen atoms in total. The van der Waals surface area contributed by atoms with Gasteiger partial charge in [0, 0.05) is 16.8 Å². The lowest BCUT2D eigenvalue weighted by Crippen LogP contribution is -2.35. The molecule has 0 aliphatic carbocycles. The van der Waals surface area contributed by atoms with Crippen LogP contribution in [0.25, 0.3) is 0 Å². The Bertz CT molecular complexity index is 722. The van der Waals surface area contributed by atoms with E-state index in [0.717, 1.165) is 22.4 Å². The maximum Gasteiger partial charge on any atom is 0.260 e. The second-order valence-electron chi connectivity index (χ2n) is 5.61. The van der Waals surface area contributed by atoms with E-state index in [1.807, 2.05) is 56.1 Å². The Morgan fingerprint density at radius 2 is 1.61 bits per heavy atom. The van der Waals surface area contributed by atoms with E-state index in [2.05, 4.69) is 32.2 Å². The third-order valence-corrected chi connectivity index (χ3v) is 4.53. The molecule has 2 aromatic carbocycles. The first kappa shape index (κ1) is 17.2. The number of hydrogen-bond acceptors (Lipinski definition) is 2. The Hall–Kier alpha value is -2.13. The van der Waals surface area contributed by atoms with Crippen LogP contribution in [-0.2, 0) is 0 Å². The number of carbonyl (C=O) groups is 1. The molecule has 1 N–H and O–H groups in total. The van der Waals surface area contributed by atoms with E-state index >= 15 is 0 Å². The third kappa shape index (κ3) is 2.77. The smallest absolute Gasteiger partial charge is 0.260 e. The molecule has 1 atom stereocenters. The molecule has 1 heterocycles. The molecule has 1 aliphatic heterocycles. The lowest BCUT2D eigenvalue weighted by Gasteiger charge is -2.27. The predicted octanol–water partition coefficient (Wildman–Crippen LogP) is 4.52. The summed E-state index contributed by atoms with van der Waals surface area (Å²) < 4.78 is 0. The van der Waals surface area contributed by atoms with Crippen molar-refractivity contribution in [2.24, 2.45) is 0 Å². The number of nitrogens with one attached hydrogen (secondary N) is 1. The standard InChI is InChI=1S/C18H20N2O.C2H6/c1-11-9-10-16(13(3)12(11)2)20-17(19-4)14-7-5-6-8-15(14)18(20)21;1-2/h5-10,17,19H,1-4H3;1-2H3. The maximum absolute atomic E-state index is 12.8. The molecule has 0 fully saturated rings. The maximum atomic E-state index is 12.8. The van der Waals surface area contributed by atoms with Crippen LogP contribution in [0.1, 0.15) is 52.6 Å². The van der Waals surface area contributed by atoms with Gasteiger partial charge in [-0.05, 0) is 56.6 Å². The fourth-order valence-electron chi connectivity index (χ4n) is 3.05. The van der Waals surface area contributed by atoms with Crippen molar-refractivity contribution >= 4 is 11.6 Å². The third-order valence-electron chi connectivity index (χ3n) is 4.53. The van der Waals surface area contributed by atoms with Crippen LogP contribution < -0.4 is 10.2 Å². The minimum atomic E-state index is -0.102. The fourth-order valence-corrected chi connectivity index (χ4v) is 3.05. The number of aryl methyl sites for hydroxylation is 1. The lowest BCUT2D eigenvalue weighted by atomic mass is 10.0. The second-order valence-corrected chi connectivity index (χ2v) is 5.61. The van der Waals surface area contributed by atoms with Crippen molar-refractivity contribution in [1.29, 1.82) is 0 Å². The summed E-state index contributed by atoms with van der Waals surface area (Å²) in [6, 6.07) is 11.9. The van der Waals surface area contributed by atoms with Crippen LogP contribution in [0.3, 0.4) is 0 Å². The summed E-state index contributed by atoms with van der Waals surface area (Å²) >= 11 is 0. The molecule has 0 saturated carbocycles. The number of carbonyl (C=O) groups excluding carboxylic acids is 1. The molecule has 0 bridgehead atoms. The van der Waals surface area contributed by atoms with Gasteiger partial charge in [0.1, 0.15) is 6.17 Å². The van der Waals surface area contributed by atoms with E-state index in [-0.39, 0.29) is 12.1 Å². The Balaban J connectivity index is 0.000000924. The van der Waals surface area contributed by atoms with E-state index in [1.165, 1.54) is 11.1 Å². The second kappa shape index (κ2) is 6.97. The van der Waals surface area contributed by atoms with Crippen molar-refractivity contribution in [3.63, 3.8) is 0 Å². The monoisotopic (exact) mass is 310 g/mol. The first-order valence-electron chi connectivity index (χ1n) is 8.22. The zero-order valence-corrected chi connectivity index (χ0v) is 14.9. The number of benzene rings is 2. The van der Waals surface area contributed by atoms with Crippen LogP contribution in [-0.4, -0.2) is 13.0 Å². The summed E-state index contributed by atoms with van der Waals surface area (Å²) in [4.78, 5) is 14.7. The van der Waals surface area contributed by atoms with Crippen molar-refractivity contribution in [2.45, 2.75) is 40.8 Å². The highest BCUT2D eigenvalue weighted by Gasteiger charge is 2.37. The highest BCUT2D eigenvalue weighted by molar-refractivity contribution is 6.11. The van der Waals surface area contributed by atoms with Crippen LogP contribution in [0.15, 0.2) is 36.4 Å². The Morgan fingerprint density at radius 3 is 2.26 bits per heavy atom. The largest absolute Gasteiger partial charge is 0.296 e. The molecule has 1 aliphatic rings. The summed E-state index contributed by atoms with van der Waals surface area (Å²) in [5, 5.41) is 3.27. The van der Waals surface area contributed by atoms with Crippen LogP contribution in [0.2, 0.25) is 0 Å². The molecule has 0 spiro atoms. The molecule has 23 heavy (non-hydrogen) atoms. The number of hydrogen-bond donors (Lipinski definition) is 1. The van der Waals surface area contributed by atoms with E-state index in [9.17, 15) is 4.79 Å². The van der Waals surface area contributed by atoms with Crippen LogP contribution in [0, 0.1) is 20.8 Å². The molecule has 3 rings (SSSR count). The van der Waals surface area contributed by atoms with Gasteiger partial charge in [0.05, 0.1) is 0 Å². The average molecular weight is 310 g/mol. The van der Waals surface area contributed by atoms with E-state index in [0.29, 0.717) is 0 Å². The molecule has 122 valence electrons. The van der Waals surface area contributed by atoms with Gasteiger partial charge in [-0.2, -0.15) is 0 Å². The van der Waals surface area contributed by atoms with Crippen molar-refractivity contribution in [3.05, 3.63) is 64.2 Å². The highest BCUT2D eigenvalue weighted by atomic mass is 16.2. The van der Waals surface area contributed by atoms with Crippen molar-refractivity contribution in [1.82, 2.24) is 5.32 Å². The summed E-state index contributed by atoms with van der Waals surface area (Å²) in [6.07, 6.45) is -0.102. The number of fused-ring (bicyclic) bond motifs is 1. The van der Waals surface area contributed by atoms with E-state index in [4.69, 9.17) is 0 Å². The van der Waals surface area contributed by atoms with Gasteiger partial charge in [-0.25, -0.2) is 0 Å². The quantitative estimate of drug-likeness (QED) is 0.884. The van der Waals surface area contributed by atoms with E-state index in [1.54, 1.807) is 0 Å². The Labute approximate surface area is 139 Å². The number of rotatable bonds is 2. The zero-order valence-electron chi connectivity index (χ0n) is 14.9. The fraction of sp³-hybridized carbons (Fsp3) is 0.350. The van der Waals surface area contributed by atoms with Gasteiger partial charge in [-0.15, -0.1) is 0 Å². The average Bonchev–Trinajstić information content (AvgIpc) is 2.87. The summed E-state index contributed by atoms with van der Waals surface area (Å²) in [6.45, 7) is 10.3. The van der Waals surface area contributed by atoms with Crippen molar-refractivity contribution in [2.75, 3.05) is 11.9 Å². The number of anilines is 1. The number of amides is 1. The predicted molar refractivity (Wildman–Crippen MR) is 97.1 cm³/mol. The SMILES string of the molecule is CC.CNC1c2ccccc2C(=O)N1c1ccc(C)c(C)c1C. The first-order chi connectivity index (χ1) is 11.1. The summed E-state index contributed by atoms with van der Waals surface area (Å²) in [5.74, 6) is 0.0660. The van der Waals surface area contributed by atoms with Gasteiger partial charge in [0.2, 0.25) is 0 Å². The lowest BCUT2D eigenvalue weighted by molar-refractivity contribution is 0.0989. The molecule has 2 aromatic rings. The highest BCUT2D eigenvalue weighted by Crippen LogP contribution is 2.38. The topological polar surface area (TPSA) is 32.3 Å². The Morgan fingerprint density at radius 1 is 0.957 bits per heavy atom. The van der Waals surface area contributed by atoms with Crippen molar-refractivity contribution < 1.29 is 4.79 Å². The van der Waals surface area contributed by atoms with Crippen molar-refractivity contribution in [3.8, 4) is 0 Å². The Kier molecular flexibility index (Phi) is 5.22. The summed E-state index contributed by atoms with van der Waals surface area (Å²) in [5.41, 5.74) is 6.47. The van der Waals surface area contributed by atoms with Crippen LogP contribution in [0.4, 0.5) is 5.69 Å². The minimum absolute atomic E-state index is 0.0660. The molecule has 1 unspecified atom stereocenters. The van der Waals surface area contributed by atoms with Gasteiger partial charge in [0.25, 0.3) is 5.91 Å². The van der Waals surface area contributed by atoms with Gasteiger partial charge < -0.3 is 0 Å².